The second-order valence-electron chi connectivity index (χ2n) is 10.8. The molecule has 2 N–H and O–H groups in total. The third-order valence-corrected chi connectivity index (χ3v) is 9.06. The number of aryl methyl sites for hydroxylation is 1. The van der Waals surface area contributed by atoms with Crippen LogP contribution in [0.5, 0.6) is 11.5 Å². The molecule has 0 atom stereocenters. The Morgan fingerprint density at radius 3 is 1.88 bits per heavy atom. The summed E-state index contributed by atoms with van der Waals surface area (Å²) in [5.74, 6) is 0.398. The highest BCUT2D eigenvalue weighted by molar-refractivity contribution is 9.10. The van der Waals surface area contributed by atoms with E-state index in [2.05, 4.69) is 28.0 Å². The van der Waals surface area contributed by atoms with Gasteiger partial charge in [0.2, 0.25) is 0 Å². The molecule has 0 aliphatic rings. The fraction of sp³-hybridized carbons (Fsp3) is 0.531. The Bertz CT molecular complexity index is 1350. The molecule has 0 fully saturated rings. The van der Waals surface area contributed by atoms with Crippen LogP contribution >= 0.6 is 15.9 Å². The summed E-state index contributed by atoms with van der Waals surface area (Å²) in [7, 11) is -4.60. The normalized spacial score (nSPS) is 11.7. The van der Waals surface area contributed by atoms with Crippen molar-refractivity contribution in [1.29, 1.82) is 0 Å². The van der Waals surface area contributed by atoms with Gasteiger partial charge >= 0.3 is 0 Å². The zero-order valence-electron chi connectivity index (χ0n) is 24.2. The summed E-state index contributed by atoms with van der Waals surface area (Å²) >= 11 is 3.40. The van der Waals surface area contributed by atoms with Gasteiger partial charge in [-0.3, -0.25) is 14.4 Å². The van der Waals surface area contributed by atoms with E-state index in [4.69, 9.17) is 4.74 Å². The number of hydrogen-bond donors (Lipinski definition) is 2. The van der Waals surface area contributed by atoms with E-state index >= 15 is 0 Å². The predicted octanol–water partition coefficient (Wildman–Crippen LogP) is 9.38. The lowest BCUT2D eigenvalue weighted by Gasteiger charge is -2.11. The van der Waals surface area contributed by atoms with Crippen LogP contribution < -0.4 is 10.3 Å². The van der Waals surface area contributed by atoms with Gasteiger partial charge in [-0.05, 0) is 59.1 Å². The minimum Gasteiger partial charge on any atom is -0.456 e. The number of nitrogens with one attached hydrogen (secondary N) is 1. The van der Waals surface area contributed by atoms with Crippen LogP contribution in [0.25, 0.3) is 5.69 Å². The topological polar surface area (TPSA) is 101 Å². The van der Waals surface area contributed by atoms with Crippen molar-refractivity contribution in [1.82, 2.24) is 9.78 Å². The molecule has 1 aromatic heterocycles. The SMILES string of the molecule is CCCCCCCCCCCCCCCCCc1[nH]n(-c2ccc(Oc3ccccc3)c(S(=O)(=O)O)c2)c(=O)c1Br. The van der Waals surface area contributed by atoms with E-state index in [1.165, 1.54) is 100 Å². The van der Waals surface area contributed by atoms with Crippen LogP contribution in [-0.2, 0) is 16.5 Å². The van der Waals surface area contributed by atoms with Crippen LogP contribution in [-0.4, -0.2) is 22.8 Å². The van der Waals surface area contributed by atoms with Gasteiger partial charge in [-0.15, -0.1) is 0 Å². The van der Waals surface area contributed by atoms with Crippen LogP contribution in [0.1, 0.15) is 109 Å². The lowest BCUT2D eigenvalue weighted by atomic mass is 10.0. The Labute approximate surface area is 253 Å². The molecule has 226 valence electrons. The lowest BCUT2D eigenvalue weighted by Crippen LogP contribution is -2.15. The van der Waals surface area contributed by atoms with Crippen LogP contribution in [0.2, 0.25) is 0 Å². The van der Waals surface area contributed by atoms with Gasteiger partial charge < -0.3 is 4.74 Å². The molecule has 0 amide bonds. The highest BCUT2D eigenvalue weighted by Gasteiger charge is 2.21. The summed E-state index contributed by atoms with van der Waals surface area (Å²) in [6, 6.07) is 12.9. The van der Waals surface area contributed by atoms with E-state index in [1.807, 2.05) is 6.07 Å². The summed E-state index contributed by atoms with van der Waals surface area (Å²) in [5.41, 5.74) is 0.730. The fourth-order valence-electron chi connectivity index (χ4n) is 5.02. The number of aromatic amines is 1. The number of ether oxygens (including phenoxy) is 1. The first-order chi connectivity index (χ1) is 19.8. The molecule has 3 rings (SSSR count). The second-order valence-corrected chi connectivity index (χ2v) is 12.9. The summed E-state index contributed by atoms with van der Waals surface area (Å²) in [4.78, 5) is 12.5. The van der Waals surface area contributed by atoms with Crippen molar-refractivity contribution >= 4 is 26.0 Å². The van der Waals surface area contributed by atoms with E-state index in [1.54, 1.807) is 30.3 Å². The molecule has 0 unspecified atom stereocenters. The molecule has 0 bridgehead atoms. The lowest BCUT2D eigenvalue weighted by molar-refractivity contribution is 0.449. The zero-order valence-corrected chi connectivity index (χ0v) is 26.6. The predicted molar refractivity (Wildman–Crippen MR) is 169 cm³/mol. The van der Waals surface area contributed by atoms with Crippen molar-refractivity contribution in [3.8, 4) is 17.2 Å². The maximum Gasteiger partial charge on any atom is 0.298 e. The number of benzene rings is 2. The Balaban J connectivity index is 1.44. The summed E-state index contributed by atoms with van der Waals surface area (Å²) in [6.45, 7) is 2.26. The summed E-state index contributed by atoms with van der Waals surface area (Å²) < 4.78 is 41.5. The minimum atomic E-state index is -4.60. The average molecular weight is 650 g/mol. The number of halogens is 1. The van der Waals surface area contributed by atoms with Crippen LogP contribution in [0.15, 0.2) is 62.7 Å². The number of para-hydroxylation sites is 1. The molecule has 0 saturated heterocycles. The number of aromatic nitrogens is 2. The fourth-order valence-corrected chi connectivity index (χ4v) is 6.12. The molecule has 0 radical (unpaired) electrons. The highest BCUT2D eigenvalue weighted by Crippen LogP contribution is 2.31. The average Bonchev–Trinajstić information content (AvgIpc) is 3.24. The Hall–Kier alpha value is -2.36. The van der Waals surface area contributed by atoms with Gasteiger partial charge in [-0.25, -0.2) is 4.68 Å². The third-order valence-electron chi connectivity index (χ3n) is 7.37. The molecule has 7 nitrogen and oxygen atoms in total. The molecule has 3 aromatic rings. The maximum absolute atomic E-state index is 12.9. The standard InChI is InChI=1S/C32H45BrN2O5S/c1-2-3-4-5-6-7-8-9-10-11-12-13-14-15-19-22-28-31(33)32(36)35(34-28)26-23-24-29(30(25-26)41(37,38)39)40-27-20-17-16-18-21-27/h16-18,20-21,23-25,34H,2-15,19,22H2,1H3,(H,37,38,39). The maximum atomic E-state index is 12.9. The third kappa shape index (κ3) is 11.1. The molecule has 0 spiro atoms. The van der Waals surface area contributed by atoms with E-state index in [0.29, 0.717) is 16.6 Å². The quantitative estimate of drug-likeness (QED) is 0.0938. The Kier molecular flexibility index (Phi) is 14.2. The molecular formula is C32H45BrN2O5S. The zero-order chi connectivity index (χ0) is 29.5. The molecule has 41 heavy (non-hydrogen) atoms. The van der Waals surface area contributed by atoms with Gasteiger partial charge in [0.1, 0.15) is 20.9 Å². The van der Waals surface area contributed by atoms with Crippen molar-refractivity contribution < 1.29 is 17.7 Å². The first-order valence-corrected chi connectivity index (χ1v) is 17.4. The van der Waals surface area contributed by atoms with E-state index < -0.39 is 15.0 Å². The van der Waals surface area contributed by atoms with Gasteiger partial charge in [-0.1, -0.05) is 115 Å². The van der Waals surface area contributed by atoms with Gasteiger partial charge in [0.15, 0.2) is 0 Å². The van der Waals surface area contributed by atoms with Crippen molar-refractivity contribution in [2.45, 2.75) is 115 Å². The van der Waals surface area contributed by atoms with Gasteiger partial charge in [0, 0.05) is 0 Å². The van der Waals surface area contributed by atoms with Gasteiger partial charge in [0.25, 0.3) is 15.7 Å². The number of nitrogens with zero attached hydrogens (tertiary/aromatic N) is 1. The van der Waals surface area contributed by atoms with Crippen molar-refractivity contribution in [2.24, 2.45) is 0 Å². The van der Waals surface area contributed by atoms with E-state index in [9.17, 15) is 17.8 Å². The van der Waals surface area contributed by atoms with Crippen LogP contribution in [0.4, 0.5) is 0 Å². The first kappa shape index (κ1) is 33.1. The van der Waals surface area contributed by atoms with Gasteiger partial charge in [0.05, 0.1) is 11.4 Å². The molecule has 1 heterocycles. The first-order valence-electron chi connectivity index (χ1n) is 15.2. The summed E-state index contributed by atoms with van der Waals surface area (Å²) in [6.07, 6.45) is 20.1. The number of H-pyrrole nitrogens is 1. The number of rotatable bonds is 20. The number of hydrogen-bond acceptors (Lipinski definition) is 4. The Morgan fingerprint density at radius 1 is 0.805 bits per heavy atom. The molecule has 9 heteroatoms. The highest BCUT2D eigenvalue weighted by atomic mass is 79.9. The molecule has 0 aliphatic heterocycles. The van der Waals surface area contributed by atoms with Crippen molar-refractivity contribution in [2.75, 3.05) is 0 Å². The minimum absolute atomic E-state index is 0.0286. The van der Waals surface area contributed by atoms with Gasteiger partial charge in [-0.2, -0.15) is 8.42 Å². The van der Waals surface area contributed by atoms with Crippen LogP contribution in [0.3, 0.4) is 0 Å². The molecule has 0 aliphatic carbocycles. The number of unbranched alkanes of at least 4 members (excludes halogenated alkanes) is 14. The molecule has 2 aromatic carbocycles. The van der Waals surface area contributed by atoms with Crippen LogP contribution in [0, 0.1) is 0 Å². The largest absolute Gasteiger partial charge is 0.456 e. The van der Waals surface area contributed by atoms with E-state index in [-0.39, 0.29) is 17.0 Å². The molecular weight excluding hydrogens is 604 g/mol. The van der Waals surface area contributed by atoms with Crippen molar-refractivity contribution in [3.63, 3.8) is 0 Å². The Morgan fingerprint density at radius 2 is 1.34 bits per heavy atom. The molecule has 0 saturated carbocycles. The summed E-state index contributed by atoms with van der Waals surface area (Å²) in [5, 5.41) is 3.10. The smallest absolute Gasteiger partial charge is 0.298 e. The van der Waals surface area contributed by atoms with E-state index in [0.717, 1.165) is 18.5 Å². The van der Waals surface area contributed by atoms with Crippen molar-refractivity contribution in [3.05, 3.63) is 69.1 Å². The monoisotopic (exact) mass is 648 g/mol. The second kappa shape index (κ2) is 17.6.